The highest BCUT2D eigenvalue weighted by Crippen LogP contribution is 2.40. The molecule has 2 atom stereocenters. The molecule has 1 unspecified atom stereocenters. The van der Waals surface area contributed by atoms with Crippen LogP contribution in [0.2, 0.25) is 0 Å². The minimum Gasteiger partial charge on any atom is -0.377 e. The summed E-state index contributed by atoms with van der Waals surface area (Å²) < 4.78 is 6.18. The Balaban J connectivity index is 1.79. The molecule has 4 nitrogen and oxygen atoms in total. The Kier molecular flexibility index (Phi) is 4.24. The zero-order valence-corrected chi connectivity index (χ0v) is 13.6. The fourth-order valence-corrected chi connectivity index (χ4v) is 4.19. The highest BCUT2D eigenvalue weighted by atomic mass is 16.5. The van der Waals surface area contributed by atoms with Crippen LogP contribution in [-0.4, -0.2) is 18.8 Å². The monoisotopic (exact) mass is 319 g/mol. The summed E-state index contributed by atoms with van der Waals surface area (Å²) in [6.45, 7) is 0.662. The SMILES string of the molecule is [N-]=[N+]=N[C@@H]1CCOC(C2c3ccccc3CCc3ccccc32)C1. The summed E-state index contributed by atoms with van der Waals surface area (Å²) in [5.41, 5.74) is 14.4. The van der Waals surface area contributed by atoms with Crippen molar-refractivity contribution in [2.45, 2.75) is 43.7 Å². The minimum absolute atomic E-state index is 0.0383. The Bertz CT molecular complexity index is 734. The van der Waals surface area contributed by atoms with Gasteiger partial charge in [0.1, 0.15) is 0 Å². The standard InChI is InChI=1S/C20H21N3O/c21-23-22-16-11-12-24-19(13-16)20-17-7-3-1-5-14(17)9-10-15-6-2-4-8-18(15)20/h1-8,16,19-20H,9-13H2/t16-,19?/m1/s1. The number of ether oxygens (including phenoxy) is 1. The van der Waals surface area contributed by atoms with Crippen LogP contribution in [0.4, 0.5) is 0 Å². The summed E-state index contributed by atoms with van der Waals surface area (Å²) in [7, 11) is 0. The number of fused-ring (bicyclic) bond motifs is 2. The van der Waals surface area contributed by atoms with E-state index in [0.717, 1.165) is 25.7 Å². The molecule has 0 N–H and O–H groups in total. The number of benzene rings is 2. The van der Waals surface area contributed by atoms with Gasteiger partial charge in [0.15, 0.2) is 0 Å². The maximum absolute atomic E-state index is 8.79. The quantitative estimate of drug-likeness (QED) is 0.446. The average Bonchev–Trinajstić information content (AvgIpc) is 2.79. The second-order valence-corrected chi connectivity index (χ2v) is 6.67. The van der Waals surface area contributed by atoms with Gasteiger partial charge in [-0.25, -0.2) is 0 Å². The van der Waals surface area contributed by atoms with Gasteiger partial charge in [0.05, 0.1) is 6.10 Å². The maximum atomic E-state index is 8.79. The van der Waals surface area contributed by atoms with Gasteiger partial charge in [0.2, 0.25) is 0 Å². The van der Waals surface area contributed by atoms with Crippen molar-refractivity contribution < 1.29 is 4.74 Å². The Morgan fingerprint density at radius 3 is 2.21 bits per heavy atom. The van der Waals surface area contributed by atoms with E-state index in [0.29, 0.717) is 6.61 Å². The average molecular weight is 319 g/mol. The van der Waals surface area contributed by atoms with E-state index in [9.17, 15) is 0 Å². The van der Waals surface area contributed by atoms with E-state index in [-0.39, 0.29) is 18.1 Å². The fourth-order valence-electron chi connectivity index (χ4n) is 4.19. The van der Waals surface area contributed by atoms with Gasteiger partial charge in [-0.1, -0.05) is 53.6 Å². The molecule has 0 aromatic heterocycles. The van der Waals surface area contributed by atoms with E-state index in [4.69, 9.17) is 10.3 Å². The first-order chi connectivity index (χ1) is 11.9. The third-order valence-electron chi connectivity index (χ3n) is 5.32. The molecule has 1 aliphatic carbocycles. The Labute approximate surface area is 142 Å². The van der Waals surface area contributed by atoms with Gasteiger partial charge < -0.3 is 4.74 Å². The van der Waals surface area contributed by atoms with Crippen LogP contribution in [0.3, 0.4) is 0 Å². The molecule has 1 aliphatic heterocycles. The Hall–Kier alpha value is -2.29. The molecule has 24 heavy (non-hydrogen) atoms. The second kappa shape index (κ2) is 6.68. The van der Waals surface area contributed by atoms with Gasteiger partial charge in [-0.3, -0.25) is 0 Å². The molecule has 1 fully saturated rings. The van der Waals surface area contributed by atoms with Gasteiger partial charge in [0, 0.05) is 23.5 Å². The van der Waals surface area contributed by atoms with Gasteiger partial charge >= 0.3 is 0 Å². The van der Waals surface area contributed by atoms with Crippen molar-refractivity contribution in [3.8, 4) is 0 Å². The van der Waals surface area contributed by atoms with Crippen LogP contribution in [0.5, 0.6) is 0 Å². The molecular formula is C20H21N3O. The van der Waals surface area contributed by atoms with Crippen LogP contribution in [0.25, 0.3) is 10.4 Å². The third kappa shape index (κ3) is 2.79. The topological polar surface area (TPSA) is 58.0 Å². The van der Waals surface area contributed by atoms with E-state index in [1.807, 2.05) is 0 Å². The molecule has 2 aromatic rings. The van der Waals surface area contributed by atoms with Gasteiger partial charge in [-0.05, 0) is 53.5 Å². The van der Waals surface area contributed by atoms with Crippen molar-refractivity contribution in [3.05, 3.63) is 81.2 Å². The lowest BCUT2D eigenvalue weighted by Crippen LogP contribution is -2.33. The lowest BCUT2D eigenvalue weighted by Gasteiger charge is -2.34. The predicted molar refractivity (Wildman–Crippen MR) is 94.0 cm³/mol. The van der Waals surface area contributed by atoms with Crippen molar-refractivity contribution >= 4 is 0 Å². The number of rotatable bonds is 2. The maximum Gasteiger partial charge on any atom is 0.0688 e. The molecule has 4 rings (SSSR count). The molecule has 122 valence electrons. The zero-order chi connectivity index (χ0) is 16.4. The summed E-state index contributed by atoms with van der Waals surface area (Å²) in [5, 5.41) is 3.96. The first-order valence-corrected chi connectivity index (χ1v) is 8.68. The van der Waals surface area contributed by atoms with E-state index in [1.54, 1.807) is 0 Å². The molecule has 1 heterocycles. The van der Waals surface area contributed by atoms with Crippen molar-refractivity contribution in [1.82, 2.24) is 0 Å². The highest BCUT2D eigenvalue weighted by Gasteiger charge is 2.34. The first-order valence-electron chi connectivity index (χ1n) is 8.68. The number of hydrogen-bond acceptors (Lipinski definition) is 2. The van der Waals surface area contributed by atoms with Crippen molar-refractivity contribution in [2.75, 3.05) is 6.61 Å². The normalized spacial score (nSPS) is 23.5. The molecule has 0 amide bonds. The number of aryl methyl sites for hydroxylation is 2. The van der Waals surface area contributed by atoms with Crippen molar-refractivity contribution in [1.29, 1.82) is 0 Å². The molecule has 0 spiro atoms. The van der Waals surface area contributed by atoms with Gasteiger partial charge in [-0.15, -0.1) is 0 Å². The van der Waals surface area contributed by atoms with Crippen LogP contribution in [0, 0.1) is 0 Å². The van der Waals surface area contributed by atoms with Crippen LogP contribution < -0.4 is 0 Å². The molecule has 0 radical (unpaired) electrons. The van der Waals surface area contributed by atoms with Crippen molar-refractivity contribution in [3.63, 3.8) is 0 Å². The molecular weight excluding hydrogens is 298 g/mol. The summed E-state index contributed by atoms with van der Waals surface area (Å²) in [6.07, 6.45) is 3.80. The van der Waals surface area contributed by atoms with Crippen LogP contribution >= 0.6 is 0 Å². The number of hydrogen-bond donors (Lipinski definition) is 0. The molecule has 0 saturated carbocycles. The van der Waals surface area contributed by atoms with Crippen LogP contribution in [0.1, 0.15) is 41.0 Å². The van der Waals surface area contributed by atoms with Gasteiger partial charge in [-0.2, -0.15) is 0 Å². The largest absolute Gasteiger partial charge is 0.377 e. The molecule has 2 aromatic carbocycles. The van der Waals surface area contributed by atoms with E-state index in [2.05, 4.69) is 58.6 Å². The smallest absolute Gasteiger partial charge is 0.0688 e. The minimum atomic E-state index is 0.0383. The third-order valence-corrected chi connectivity index (χ3v) is 5.32. The zero-order valence-electron chi connectivity index (χ0n) is 13.6. The first kappa shape index (κ1) is 15.3. The summed E-state index contributed by atoms with van der Waals surface area (Å²) in [4.78, 5) is 3.02. The molecule has 1 saturated heterocycles. The lowest BCUT2D eigenvalue weighted by molar-refractivity contribution is -0.00143. The van der Waals surface area contributed by atoms with Crippen LogP contribution in [-0.2, 0) is 17.6 Å². The molecule has 0 bridgehead atoms. The number of nitrogens with zero attached hydrogens (tertiary/aromatic N) is 3. The number of azide groups is 1. The van der Waals surface area contributed by atoms with E-state index >= 15 is 0 Å². The van der Waals surface area contributed by atoms with E-state index < -0.39 is 0 Å². The predicted octanol–water partition coefficient (Wildman–Crippen LogP) is 4.78. The summed E-state index contributed by atoms with van der Waals surface area (Å²) >= 11 is 0. The Morgan fingerprint density at radius 1 is 0.958 bits per heavy atom. The summed E-state index contributed by atoms with van der Waals surface area (Å²) in [5.74, 6) is 0.219. The fraction of sp³-hybridized carbons (Fsp3) is 0.400. The van der Waals surface area contributed by atoms with E-state index in [1.165, 1.54) is 22.3 Å². The Morgan fingerprint density at radius 2 is 1.58 bits per heavy atom. The lowest BCUT2D eigenvalue weighted by atomic mass is 9.80. The highest BCUT2D eigenvalue weighted by molar-refractivity contribution is 5.46. The summed E-state index contributed by atoms with van der Waals surface area (Å²) in [6, 6.07) is 17.5. The van der Waals surface area contributed by atoms with Crippen LogP contribution in [0.15, 0.2) is 53.6 Å². The van der Waals surface area contributed by atoms with Crippen molar-refractivity contribution in [2.24, 2.45) is 5.11 Å². The molecule has 4 heteroatoms. The van der Waals surface area contributed by atoms with Gasteiger partial charge in [0.25, 0.3) is 0 Å². The second-order valence-electron chi connectivity index (χ2n) is 6.67. The molecule has 2 aliphatic rings.